The zero-order valence-corrected chi connectivity index (χ0v) is 53.3. The number of aliphatic hydroxyl groups excluding tert-OH is 1. The first kappa shape index (κ1) is 69.2. The Morgan fingerprint density at radius 1 is 0.714 bits per heavy atom. The van der Waals surface area contributed by atoms with Gasteiger partial charge in [0.1, 0.15) is 30.0 Å². The van der Waals surface area contributed by atoms with Gasteiger partial charge >= 0.3 is 12.2 Å². The average molecular weight is 1260 g/mol. The van der Waals surface area contributed by atoms with Crippen LogP contribution in [0.5, 0.6) is 17.2 Å². The number of anilines is 2. The van der Waals surface area contributed by atoms with Crippen molar-refractivity contribution >= 4 is 70.5 Å². The molecule has 4 unspecified atom stereocenters. The number of fused-ring (bicyclic) bond motifs is 2. The van der Waals surface area contributed by atoms with Crippen molar-refractivity contribution in [3.63, 3.8) is 0 Å². The first-order valence-corrected chi connectivity index (χ1v) is 30.2. The molecule has 9 amide bonds. The van der Waals surface area contributed by atoms with Crippen LogP contribution in [-0.4, -0.2) is 151 Å². The van der Waals surface area contributed by atoms with Gasteiger partial charge in [0.15, 0.2) is 17.7 Å². The Morgan fingerprint density at radius 2 is 1.38 bits per heavy atom. The Kier molecular flexibility index (Phi) is 23.5. The average Bonchev–Trinajstić information content (AvgIpc) is 1.62. The van der Waals surface area contributed by atoms with Crippen molar-refractivity contribution in [3.8, 4) is 17.2 Å². The van der Waals surface area contributed by atoms with E-state index in [0.29, 0.717) is 36.3 Å². The van der Waals surface area contributed by atoms with Gasteiger partial charge in [0, 0.05) is 74.6 Å². The lowest BCUT2D eigenvalue weighted by molar-refractivity contribution is -0.137. The third-order valence-electron chi connectivity index (χ3n) is 15.4. The van der Waals surface area contributed by atoms with E-state index in [-0.39, 0.29) is 93.5 Å². The third-order valence-corrected chi connectivity index (χ3v) is 15.4. The molecule has 24 heteroatoms. The molecular weight excluding hydrogens is 1170 g/mol. The normalized spacial score (nSPS) is 16.1. The molecule has 4 aromatic carbocycles. The molecular formula is C67H84N8O16. The van der Waals surface area contributed by atoms with Crippen LogP contribution < -0.4 is 45.7 Å². The minimum absolute atomic E-state index is 0.0258. The largest absolute Gasteiger partial charge is 0.497 e. The molecule has 0 saturated carbocycles. The molecule has 24 nitrogen and oxygen atoms in total. The summed E-state index contributed by atoms with van der Waals surface area (Å²) in [4.78, 5) is 124. The summed E-state index contributed by atoms with van der Waals surface area (Å²) in [5.41, 5.74) is 0.983. The molecule has 3 aliphatic rings. The molecule has 0 aromatic heterocycles. The summed E-state index contributed by atoms with van der Waals surface area (Å²) in [5, 5.41) is 26.4. The Labute approximate surface area is 530 Å². The summed E-state index contributed by atoms with van der Waals surface area (Å²) < 4.78 is 33.8. The molecule has 7 rings (SSSR count). The van der Waals surface area contributed by atoms with Crippen LogP contribution in [0.1, 0.15) is 127 Å². The minimum atomic E-state index is -1.58. The summed E-state index contributed by atoms with van der Waals surface area (Å²) in [7, 11) is 4.38. The lowest BCUT2D eigenvalue weighted by Gasteiger charge is -2.31. The van der Waals surface area contributed by atoms with Crippen LogP contribution in [0.2, 0.25) is 0 Å². The number of amides is 9. The van der Waals surface area contributed by atoms with Crippen LogP contribution in [0, 0.1) is 0 Å². The van der Waals surface area contributed by atoms with Crippen molar-refractivity contribution in [2.75, 3.05) is 51.2 Å². The van der Waals surface area contributed by atoms with E-state index in [1.165, 1.54) is 43.4 Å². The Balaban J connectivity index is 0.994. The predicted octanol–water partition coefficient (Wildman–Crippen LogP) is 7.46. The second-order valence-corrected chi connectivity index (χ2v) is 24.6. The highest BCUT2D eigenvalue weighted by molar-refractivity contribution is 6.13. The fourth-order valence-electron chi connectivity index (χ4n) is 10.4. The van der Waals surface area contributed by atoms with E-state index in [1.807, 2.05) is 70.2 Å². The summed E-state index contributed by atoms with van der Waals surface area (Å²) >= 11 is 0. The van der Waals surface area contributed by atoms with Crippen molar-refractivity contribution in [3.05, 3.63) is 132 Å². The van der Waals surface area contributed by atoms with E-state index >= 15 is 0 Å². The number of methoxy groups -OCH3 is 3. The number of unbranched alkanes of at least 4 members (excludes halogenated alkanes) is 1. The maximum absolute atomic E-state index is 14.5. The van der Waals surface area contributed by atoms with Gasteiger partial charge in [-0.3, -0.25) is 38.5 Å². The second kappa shape index (κ2) is 31.0. The molecule has 0 saturated heterocycles. The topological polar surface area (TPSA) is 299 Å². The number of carbonyl (C=O) groups is 9. The molecule has 0 bridgehead atoms. The molecule has 0 radical (unpaired) electrons. The van der Waals surface area contributed by atoms with Crippen molar-refractivity contribution in [1.82, 2.24) is 31.1 Å². The van der Waals surface area contributed by atoms with Crippen LogP contribution in [0.15, 0.2) is 109 Å². The number of benzene rings is 4. The van der Waals surface area contributed by atoms with Crippen molar-refractivity contribution in [2.45, 2.75) is 154 Å². The molecule has 3 heterocycles. The zero-order valence-electron chi connectivity index (χ0n) is 53.3. The summed E-state index contributed by atoms with van der Waals surface area (Å²) in [5.74, 6) is -2.31. The Bertz CT molecular complexity index is 3330. The molecule has 0 aliphatic carbocycles. The van der Waals surface area contributed by atoms with Gasteiger partial charge in [-0.05, 0) is 140 Å². The van der Waals surface area contributed by atoms with Gasteiger partial charge in [0.2, 0.25) is 23.6 Å². The number of imide groups is 1. The quantitative estimate of drug-likeness (QED) is 0.0227. The van der Waals surface area contributed by atoms with Crippen molar-refractivity contribution < 1.29 is 76.7 Å². The van der Waals surface area contributed by atoms with Crippen LogP contribution in [0.25, 0.3) is 5.57 Å². The monoisotopic (exact) mass is 1260 g/mol. The van der Waals surface area contributed by atoms with Gasteiger partial charge in [-0.1, -0.05) is 54.6 Å². The smallest absolute Gasteiger partial charge is 0.416 e. The van der Waals surface area contributed by atoms with E-state index in [0.717, 1.165) is 26.5 Å². The SMILES string of the molecule is COc1ccc(C2=CN3C(=O)c4cc(OC)c(OC)cc4N(C(=O)OCc4ccc(NC(=O)C(CCCCNC(=O)OC(C)(C)C)NC(=O)C(Cc5ccccc5)NC(=O)CCC(C)(C)OCCC(C)(C)NC(=O)CCN5C(=O)C=CC5=O)cc4)C(O)C3C2)cc1. The van der Waals surface area contributed by atoms with Gasteiger partial charge in [-0.15, -0.1) is 0 Å². The number of carbonyl (C=O) groups excluding carboxylic acids is 9. The van der Waals surface area contributed by atoms with Crippen LogP contribution >= 0.6 is 0 Å². The number of aliphatic hydroxyl groups is 1. The molecule has 6 N–H and O–H groups in total. The first-order valence-electron chi connectivity index (χ1n) is 30.2. The number of nitrogens with zero attached hydrogens (tertiary/aromatic N) is 3. The highest BCUT2D eigenvalue weighted by Crippen LogP contribution is 2.43. The van der Waals surface area contributed by atoms with Crippen LogP contribution in [0.3, 0.4) is 0 Å². The maximum atomic E-state index is 14.5. The lowest BCUT2D eigenvalue weighted by Crippen LogP contribution is -2.53. The summed E-state index contributed by atoms with van der Waals surface area (Å²) in [6.45, 7) is 12.7. The number of nitrogens with one attached hydrogen (secondary N) is 5. The first-order chi connectivity index (χ1) is 43.2. The lowest BCUT2D eigenvalue weighted by atomic mass is 9.99. The van der Waals surface area contributed by atoms with Gasteiger partial charge in [0.05, 0.1) is 44.2 Å². The van der Waals surface area contributed by atoms with Gasteiger partial charge < -0.3 is 65.0 Å². The minimum Gasteiger partial charge on any atom is -0.497 e. The van der Waals surface area contributed by atoms with Gasteiger partial charge in [0.25, 0.3) is 17.7 Å². The van der Waals surface area contributed by atoms with E-state index in [1.54, 1.807) is 70.5 Å². The van der Waals surface area contributed by atoms with E-state index < -0.39 is 88.7 Å². The number of rotatable bonds is 29. The van der Waals surface area contributed by atoms with Crippen molar-refractivity contribution in [1.29, 1.82) is 0 Å². The van der Waals surface area contributed by atoms with Crippen molar-refractivity contribution in [2.24, 2.45) is 0 Å². The van der Waals surface area contributed by atoms with Crippen LogP contribution in [-0.2, 0) is 56.0 Å². The highest BCUT2D eigenvalue weighted by Gasteiger charge is 2.46. The Morgan fingerprint density at radius 3 is 2.03 bits per heavy atom. The number of ether oxygens (including phenoxy) is 6. The van der Waals surface area contributed by atoms with E-state index in [2.05, 4.69) is 26.6 Å². The van der Waals surface area contributed by atoms with E-state index in [9.17, 15) is 48.3 Å². The number of hydrogen-bond donors (Lipinski definition) is 6. The highest BCUT2D eigenvalue weighted by atomic mass is 16.6. The molecule has 3 aliphatic heterocycles. The third kappa shape index (κ3) is 19.6. The standard InChI is InChI=1S/C67H84N8O16/c1-65(2,3)91-63(84)68-33-15-14-18-49(71-60(81)50(36-42-16-12-11-13-17-42)70-55(76)29-31-67(6,7)90-35-32-66(4,5)72-56(77)30-34-73-57(78)27-28-58(73)79)59(80)69-46-23-19-43(20-24-46)41-89-64(85)75-51-39-54(88-10)53(87-9)38-48(51)61(82)74-40-45(37-52(74)62(75)83)44-21-25-47(86-8)26-22-44/h11-13,16-17,19-28,38-40,49-50,52,62,83H,14-15,18,29-37,41H2,1-10H3,(H,68,84)(H,69,80)(H,70,76)(H,71,81)(H,72,77). The number of alkyl carbamates (subject to hydrolysis) is 1. The Hall–Kier alpha value is -9.29. The van der Waals surface area contributed by atoms with Crippen LogP contribution in [0.4, 0.5) is 21.0 Å². The van der Waals surface area contributed by atoms with Gasteiger partial charge in [-0.25, -0.2) is 14.5 Å². The predicted molar refractivity (Wildman–Crippen MR) is 338 cm³/mol. The molecule has 0 spiro atoms. The summed E-state index contributed by atoms with van der Waals surface area (Å²) in [6.07, 6.45) is 2.63. The number of hydrogen-bond acceptors (Lipinski definition) is 16. The zero-order chi connectivity index (χ0) is 66.2. The maximum Gasteiger partial charge on any atom is 0.416 e. The molecule has 4 aromatic rings. The molecule has 488 valence electrons. The fourth-order valence-corrected chi connectivity index (χ4v) is 10.4. The molecule has 4 atom stereocenters. The van der Waals surface area contributed by atoms with Gasteiger partial charge in [-0.2, -0.15) is 0 Å². The molecule has 0 fully saturated rings. The summed E-state index contributed by atoms with van der Waals surface area (Å²) in [6, 6.07) is 22.5. The molecule has 91 heavy (non-hydrogen) atoms. The second-order valence-electron chi connectivity index (χ2n) is 24.6. The fraction of sp³-hybridized carbons (Fsp3) is 0.448. The van der Waals surface area contributed by atoms with E-state index in [4.69, 9.17) is 28.4 Å².